The van der Waals surface area contributed by atoms with E-state index in [-0.39, 0.29) is 33.2 Å². The molecule has 2 rings (SSSR count). The van der Waals surface area contributed by atoms with E-state index in [4.69, 9.17) is 34.8 Å². The number of halogens is 3. The average molecular weight is 563 g/mol. The average Bonchev–Trinajstić information content (AvgIpc) is 2.80. The molecule has 0 bridgehead atoms. The number of unbranched alkanes of at least 4 members (excludes halogenated alkanes) is 1. The number of amides is 2. The quantitative estimate of drug-likeness (QED) is 0.287. The molecule has 11 heteroatoms. The summed E-state index contributed by atoms with van der Waals surface area (Å²) in [7, 11) is -3.94. The number of sulfonamides is 1. The molecule has 0 aliphatic rings. The fraction of sp³-hybridized carbons (Fsp3) is 0.417. The molecule has 1 N–H and O–H groups in total. The van der Waals surface area contributed by atoms with E-state index >= 15 is 0 Å². The maximum absolute atomic E-state index is 13.6. The first-order valence-electron chi connectivity index (χ1n) is 11.2. The first-order chi connectivity index (χ1) is 16.5. The van der Waals surface area contributed by atoms with Gasteiger partial charge in [0.25, 0.3) is 0 Å². The zero-order valence-electron chi connectivity index (χ0n) is 19.9. The van der Waals surface area contributed by atoms with Crippen molar-refractivity contribution in [2.24, 2.45) is 0 Å². The molecule has 0 aliphatic heterocycles. The summed E-state index contributed by atoms with van der Waals surface area (Å²) < 4.78 is 26.2. The Hall–Kier alpha value is -2.00. The maximum Gasteiger partial charge on any atom is 0.244 e. The van der Waals surface area contributed by atoms with Crippen molar-refractivity contribution in [1.82, 2.24) is 10.2 Å². The highest BCUT2D eigenvalue weighted by Crippen LogP contribution is 2.35. The summed E-state index contributed by atoms with van der Waals surface area (Å²) >= 11 is 18.4. The number of hydrogen-bond acceptors (Lipinski definition) is 4. The van der Waals surface area contributed by atoms with Crippen molar-refractivity contribution < 1.29 is 18.0 Å². The molecule has 192 valence electrons. The summed E-state index contributed by atoms with van der Waals surface area (Å²) in [6.07, 6.45) is 3.04. The Kier molecular flexibility index (Phi) is 11.1. The second kappa shape index (κ2) is 13.3. The molecule has 2 aromatic rings. The van der Waals surface area contributed by atoms with Crippen LogP contribution < -0.4 is 9.62 Å². The van der Waals surface area contributed by atoms with E-state index in [1.165, 1.54) is 17.0 Å². The molecule has 7 nitrogen and oxygen atoms in total. The first-order valence-corrected chi connectivity index (χ1v) is 14.2. The lowest BCUT2D eigenvalue weighted by molar-refractivity contribution is -0.140. The van der Waals surface area contributed by atoms with Crippen molar-refractivity contribution in [2.75, 3.05) is 23.7 Å². The van der Waals surface area contributed by atoms with Crippen LogP contribution in [0.1, 0.15) is 38.7 Å². The van der Waals surface area contributed by atoms with E-state index in [9.17, 15) is 18.0 Å². The third-order valence-electron chi connectivity index (χ3n) is 5.35. The van der Waals surface area contributed by atoms with Crippen LogP contribution in [0.4, 0.5) is 5.69 Å². The van der Waals surface area contributed by atoms with Crippen molar-refractivity contribution >= 4 is 62.3 Å². The molecule has 35 heavy (non-hydrogen) atoms. The summed E-state index contributed by atoms with van der Waals surface area (Å²) in [4.78, 5) is 28.0. The molecule has 0 aliphatic carbocycles. The molecule has 0 radical (unpaired) electrons. The van der Waals surface area contributed by atoms with Crippen LogP contribution >= 0.6 is 34.8 Å². The topological polar surface area (TPSA) is 86.8 Å². The normalized spacial score (nSPS) is 12.2. The molecule has 0 fully saturated rings. The van der Waals surface area contributed by atoms with E-state index in [1.54, 1.807) is 6.92 Å². The van der Waals surface area contributed by atoms with Gasteiger partial charge in [-0.25, -0.2) is 8.42 Å². The van der Waals surface area contributed by atoms with Gasteiger partial charge in [-0.15, -0.1) is 0 Å². The number of nitrogens with zero attached hydrogens (tertiary/aromatic N) is 2. The zero-order valence-corrected chi connectivity index (χ0v) is 23.0. The highest BCUT2D eigenvalue weighted by atomic mass is 35.5. The van der Waals surface area contributed by atoms with Gasteiger partial charge in [0.2, 0.25) is 21.8 Å². The Morgan fingerprint density at radius 2 is 1.63 bits per heavy atom. The fourth-order valence-electron chi connectivity index (χ4n) is 3.50. The maximum atomic E-state index is 13.6. The second-order valence-electron chi connectivity index (χ2n) is 8.06. The highest BCUT2D eigenvalue weighted by molar-refractivity contribution is 7.92. The van der Waals surface area contributed by atoms with Crippen LogP contribution in [0.25, 0.3) is 0 Å². The molecule has 0 aromatic heterocycles. The molecule has 0 saturated heterocycles. The van der Waals surface area contributed by atoms with E-state index < -0.39 is 28.5 Å². The molecule has 0 spiro atoms. The number of rotatable bonds is 12. The predicted molar refractivity (Wildman–Crippen MR) is 143 cm³/mol. The predicted octanol–water partition coefficient (Wildman–Crippen LogP) is 5.14. The van der Waals surface area contributed by atoms with Gasteiger partial charge in [-0.05, 0) is 30.5 Å². The van der Waals surface area contributed by atoms with Crippen molar-refractivity contribution in [3.8, 4) is 0 Å². The van der Waals surface area contributed by atoms with Crippen LogP contribution in [-0.4, -0.2) is 50.5 Å². The van der Waals surface area contributed by atoms with Crippen molar-refractivity contribution in [2.45, 2.75) is 45.7 Å². The molecule has 0 saturated carbocycles. The highest BCUT2D eigenvalue weighted by Gasteiger charge is 2.32. The van der Waals surface area contributed by atoms with Gasteiger partial charge in [0.05, 0.1) is 27.0 Å². The minimum atomic E-state index is -3.94. The van der Waals surface area contributed by atoms with Gasteiger partial charge in [-0.1, -0.05) is 85.4 Å². The van der Waals surface area contributed by atoms with Crippen molar-refractivity contribution in [3.05, 3.63) is 63.1 Å². The van der Waals surface area contributed by atoms with Gasteiger partial charge < -0.3 is 10.2 Å². The molecule has 2 amide bonds. The van der Waals surface area contributed by atoms with Crippen LogP contribution in [-0.2, 0) is 26.2 Å². The van der Waals surface area contributed by atoms with Gasteiger partial charge in [0, 0.05) is 13.1 Å². The van der Waals surface area contributed by atoms with Crippen LogP contribution in [0, 0.1) is 0 Å². The smallest absolute Gasteiger partial charge is 0.244 e. The summed E-state index contributed by atoms with van der Waals surface area (Å²) in [5, 5.41) is 3.15. The molecular weight excluding hydrogens is 533 g/mol. The lowest BCUT2D eigenvalue weighted by atomic mass is 10.1. The van der Waals surface area contributed by atoms with Gasteiger partial charge >= 0.3 is 0 Å². The molecule has 2 aromatic carbocycles. The van der Waals surface area contributed by atoms with Crippen LogP contribution in [0.5, 0.6) is 0 Å². The Balaban J connectivity index is 2.44. The first kappa shape index (κ1) is 29.2. The number of hydrogen-bond donors (Lipinski definition) is 1. The van der Waals surface area contributed by atoms with E-state index in [2.05, 4.69) is 5.32 Å². The Morgan fingerprint density at radius 1 is 1.00 bits per heavy atom. The van der Waals surface area contributed by atoms with E-state index in [0.717, 1.165) is 29.0 Å². The SMILES string of the molecule is CCCCNC(=O)C(CC)N(Cc1ccccc1)C(=O)CN(c1cc(Cl)c(Cl)cc1Cl)S(C)(=O)=O. The fourth-order valence-corrected chi connectivity index (χ4v) is 5.05. The molecule has 1 unspecified atom stereocenters. The summed E-state index contributed by atoms with van der Waals surface area (Å²) in [6.45, 7) is 3.88. The number of carbonyl (C=O) groups excluding carboxylic acids is 2. The third kappa shape index (κ3) is 8.27. The standard InChI is InChI=1S/C24H30Cl3N3O4S/c1-4-6-12-28-24(32)21(5-2)29(15-17-10-8-7-9-11-17)23(31)16-30(35(3,33)34)22-14-19(26)18(25)13-20(22)27/h7-11,13-14,21H,4-6,12,15-16H2,1-3H3,(H,28,32). The van der Waals surface area contributed by atoms with Gasteiger partial charge in [-0.3, -0.25) is 13.9 Å². The Morgan fingerprint density at radius 3 is 2.20 bits per heavy atom. The van der Waals surface area contributed by atoms with Gasteiger partial charge in [-0.2, -0.15) is 0 Å². The largest absolute Gasteiger partial charge is 0.354 e. The lowest BCUT2D eigenvalue weighted by Gasteiger charge is -2.33. The number of anilines is 1. The third-order valence-corrected chi connectivity index (χ3v) is 7.50. The number of carbonyl (C=O) groups is 2. The van der Waals surface area contributed by atoms with Gasteiger partial charge in [0.15, 0.2) is 0 Å². The molecule has 1 atom stereocenters. The summed E-state index contributed by atoms with van der Waals surface area (Å²) in [5.74, 6) is -0.845. The minimum absolute atomic E-state index is 0.0246. The monoisotopic (exact) mass is 561 g/mol. The number of benzene rings is 2. The van der Waals surface area contributed by atoms with Gasteiger partial charge in [0.1, 0.15) is 12.6 Å². The van der Waals surface area contributed by atoms with Crippen LogP contribution in [0.2, 0.25) is 15.1 Å². The molecule has 0 heterocycles. The second-order valence-corrected chi connectivity index (χ2v) is 11.2. The summed E-state index contributed by atoms with van der Waals surface area (Å²) in [6, 6.07) is 11.0. The van der Waals surface area contributed by atoms with Crippen molar-refractivity contribution in [1.29, 1.82) is 0 Å². The molecular formula is C24H30Cl3N3O4S. The van der Waals surface area contributed by atoms with Crippen LogP contribution in [0.3, 0.4) is 0 Å². The van der Waals surface area contributed by atoms with E-state index in [0.29, 0.717) is 13.0 Å². The summed E-state index contributed by atoms with van der Waals surface area (Å²) in [5.41, 5.74) is 0.830. The lowest BCUT2D eigenvalue weighted by Crippen LogP contribution is -2.52. The Bertz CT molecular complexity index is 1130. The van der Waals surface area contributed by atoms with Crippen LogP contribution in [0.15, 0.2) is 42.5 Å². The zero-order chi connectivity index (χ0) is 26.2. The minimum Gasteiger partial charge on any atom is -0.354 e. The van der Waals surface area contributed by atoms with Crippen molar-refractivity contribution in [3.63, 3.8) is 0 Å². The number of nitrogens with one attached hydrogen (secondary N) is 1. The van der Waals surface area contributed by atoms with E-state index in [1.807, 2.05) is 37.3 Å². The Labute approximate surface area is 222 Å².